The molecule has 3 aromatic carbocycles. The van der Waals surface area contributed by atoms with E-state index in [1.807, 2.05) is 90.1 Å². The van der Waals surface area contributed by atoms with Crippen LogP contribution in [0.2, 0.25) is 0 Å². The van der Waals surface area contributed by atoms with Crippen molar-refractivity contribution in [1.29, 1.82) is 0 Å². The second-order valence-corrected chi connectivity index (χ2v) is 15.1. The lowest BCUT2D eigenvalue weighted by Crippen LogP contribution is -2.56. The second kappa shape index (κ2) is 14.8. The predicted octanol–water partition coefficient (Wildman–Crippen LogP) is 7.37. The number of carbonyl (C=O) groups is 3. The molecule has 0 heterocycles. The van der Waals surface area contributed by atoms with Crippen LogP contribution in [0, 0.1) is 23.7 Å². The van der Waals surface area contributed by atoms with Gasteiger partial charge in [0, 0.05) is 7.11 Å². The van der Waals surface area contributed by atoms with Gasteiger partial charge in [-0.15, -0.1) is 0 Å². The molecule has 1 unspecified atom stereocenters. The Labute approximate surface area is 280 Å². The van der Waals surface area contributed by atoms with E-state index in [0.29, 0.717) is 6.42 Å². The summed E-state index contributed by atoms with van der Waals surface area (Å²) in [4.78, 5) is 41.2. The lowest BCUT2D eigenvalue weighted by atomic mass is 9.84. The van der Waals surface area contributed by atoms with Crippen molar-refractivity contribution in [3.8, 4) is 11.1 Å². The van der Waals surface area contributed by atoms with Gasteiger partial charge >= 0.3 is 5.97 Å². The molecule has 1 aliphatic carbocycles. The largest absolute Gasteiger partial charge is 0.460 e. The summed E-state index contributed by atoms with van der Waals surface area (Å²) in [6, 6.07) is 25.3. The number of nitrogens with one attached hydrogen (secondary N) is 2. The molecule has 7 nitrogen and oxygen atoms in total. The van der Waals surface area contributed by atoms with E-state index in [2.05, 4.69) is 47.9 Å². The molecule has 1 fully saturated rings. The molecule has 1 saturated carbocycles. The van der Waals surface area contributed by atoms with Gasteiger partial charge in [-0.2, -0.15) is 0 Å². The third kappa shape index (κ3) is 9.54. The van der Waals surface area contributed by atoms with Crippen LogP contribution in [0.3, 0.4) is 0 Å². The van der Waals surface area contributed by atoms with Crippen LogP contribution in [0.25, 0.3) is 11.1 Å². The number of methoxy groups -OCH3 is 1. The minimum absolute atomic E-state index is 0.0154. The molecule has 4 rings (SSSR count). The van der Waals surface area contributed by atoms with E-state index in [9.17, 15) is 14.4 Å². The maximum Gasteiger partial charge on any atom is 0.307 e. The molecule has 2 N–H and O–H groups in total. The molecular weight excluding hydrogens is 588 g/mol. The Balaban J connectivity index is 1.52. The van der Waals surface area contributed by atoms with E-state index < -0.39 is 28.4 Å². The maximum atomic E-state index is 14.2. The van der Waals surface area contributed by atoms with Gasteiger partial charge in [0.05, 0.1) is 24.5 Å². The van der Waals surface area contributed by atoms with Crippen LogP contribution in [0.1, 0.15) is 83.5 Å². The first-order valence-corrected chi connectivity index (χ1v) is 16.6. The van der Waals surface area contributed by atoms with E-state index in [0.717, 1.165) is 18.4 Å². The Morgan fingerprint density at radius 2 is 1.53 bits per heavy atom. The number of aryl methyl sites for hydroxylation is 2. The van der Waals surface area contributed by atoms with Crippen LogP contribution in [-0.4, -0.2) is 43.1 Å². The van der Waals surface area contributed by atoms with E-state index in [1.165, 1.54) is 22.3 Å². The van der Waals surface area contributed by atoms with Gasteiger partial charge in [-0.3, -0.25) is 14.4 Å². The molecule has 0 bridgehead atoms. The molecule has 1 aliphatic rings. The van der Waals surface area contributed by atoms with Gasteiger partial charge in [0.2, 0.25) is 11.8 Å². The van der Waals surface area contributed by atoms with Crippen LogP contribution >= 0.6 is 0 Å². The van der Waals surface area contributed by atoms with Crippen molar-refractivity contribution in [2.45, 2.75) is 91.8 Å². The summed E-state index contributed by atoms with van der Waals surface area (Å²) >= 11 is 0. The zero-order chi connectivity index (χ0) is 34.4. The summed E-state index contributed by atoms with van der Waals surface area (Å²) in [7, 11) is 1.59. The third-order valence-corrected chi connectivity index (χ3v) is 8.98. The summed E-state index contributed by atoms with van der Waals surface area (Å²) < 4.78 is 11.1. The van der Waals surface area contributed by atoms with Crippen molar-refractivity contribution in [3.05, 3.63) is 95.6 Å². The normalized spacial score (nSPS) is 18.9. The number of amides is 2. The fourth-order valence-electron chi connectivity index (χ4n) is 6.41. The highest BCUT2D eigenvalue weighted by molar-refractivity contribution is 5.94. The fraction of sp³-hybridized carbons (Fsp3) is 0.475. The second-order valence-electron chi connectivity index (χ2n) is 15.1. The van der Waals surface area contributed by atoms with Crippen molar-refractivity contribution >= 4 is 17.8 Å². The molecule has 47 heavy (non-hydrogen) atoms. The third-order valence-electron chi connectivity index (χ3n) is 8.98. The SMILES string of the molecule is COC[C@@H](NC(=O)[C@@H](NC(=O)C1(CC(=O)OC(C)(C)C)C[C@H]1CCc1ccc(-c2ccccc2)c(C)c1)C(C)(C)C)c1ccccc1. The Morgan fingerprint density at radius 1 is 0.894 bits per heavy atom. The number of carbonyl (C=O) groups excluding carboxylic acids is 3. The molecular formula is C40H52N2O5. The highest BCUT2D eigenvalue weighted by atomic mass is 16.6. The predicted molar refractivity (Wildman–Crippen MR) is 187 cm³/mol. The van der Waals surface area contributed by atoms with Gasteiger partial charge in [0.15, 0.2) is 0 Å². The minimum atomic E-state index is -0.934. The smallest absolute Gasteiger partial charge is 0.307 e. The Hall–Kier alpha value is -3.97. The summed E-state index contributed by atoms with van der Waals surface area (Å²) in [5, 5.41) is 6.19. The number of ether oxygens (including phenoxy) is 2. The van der Waals surface area contributed by atoms with Crippen LogP contribution in [0.15, 0.2) is 78.9 Å². The molecule has 252 valence electrons. The molecule has 4 atom stereocenters. The molecule has 7 heteroatoms. The Morgan fingerprint density at radius 3 is 2.11 bits per heavy atom. The topological polar surface area (TPSA) is 93.7 Å². The van der Waals surface area contributed by atoms with Crippen molar-refractivity contribution in [3.63, 3.8) is 0 Å². The van der Waals surface area contributed by atoms with Gasteiger partial charge in [-0.05, 0) is 86.1 Å². The standard InChI is InChI=1S/C40H52N2O5/c1-27-23-28(20-22-32(27)29-15-11-9-12-16-29)19-21-31-24-40(31,25-34(43)47-39(5,6)7)37(45)42-35(38(2,3)4)36(44)41-33(26-46-8)30-17-13-10-14-18-30/h9-18,20,22-23,31,33,35H,19,21,24-26H2,1-8H3,(H,41,44)(H,42,45)/t31-,33-,35-,40?/m1/s1. The van der Waals surface area contributed by atoms with E-state index in [-0.39, 0.29) is 36.8 Å². The van der Waals surface area contributed by atoms with Crippen molar-refractivity contribution in [2.24, 2.45) is 16.7 Å². The van der Waals surface area contributed by atoms with Crippen LogP contribution in [0.4, 0.5) is 0 Å². The van der Waals surface area contributed by atoms with Crippen LogP contribution in [-0.2, 0) is 30.3 Å². The van der Waals surface area contributed by atoms with Crippen LogP contribution in [0.5, 0.6) is 0 Å². The molecule has 0 aliphatic heterocycles. The molecule has 0 saturated heterocycles. The monoisotopic (exact) mass is 640 g/mol. The summed E-state index contributed by atoms with van der Waals surface area (Å²) in [6.45, 7) is 13.7. The summed E-state index contributed by atoms with van der Waals surface area (Å²) in [6.07, 6.45) is 2.06. The van der Waals surface area contributed by atoms with E-state index >= 15 is 0 Å². The lowest BCUT2D eigenvalue weighted by molar-refractivity contribution is -0.158. The Kier molecular flexibility index (Phi) is 11.3. The lowest BCUT2D eigenvalue weighted by Gasteiger charge is -2.33. The number of esters is 1. The highest BCUT2D eigenvalue weighted by Gasteiger charge is 2.61. The summed E-state index contributed by atoms with van der Waals surface area (Å²) in [5.41, 5.74) is 3.49. The molecule has 0 radical (unpaired) electrons. The molecule has 2 amide bonds. The fourth-order valence-corrected chi connectivity index (χ4v) is 6.41. The van der Waals surface area contributed by atoms with Gasteiger partial charge in [-0.25, -0.2) is 0 Å². The van der Waals surface area contributed by atoms with Crippen molar-refractivity contribution in [2.75, 3.05) is 13.7 Å². The molecule has 0 aromatic heterocycles. The Bertz CT molecular complexity index is 1520. The first kappa shape index (κ1) is 35.9. The average molecular weight is 641 g/mol. The zero-order valence-corrected chi connectivity index (χ0v) is 29.3. The maximum absolute atomic E-state index is 14.2. The number of rotatable bonds is 13. The van der Waals surface area contributed by atoms with E-state index in [4.69, 9.17) is 9.47 Å². The molecule has 3 aromatic rings. The number of hydrogen-bond donors (Lipinski definition) is 2. The van der Waals surface area contributed by atoms with Gasteiger partial charge in [-0.1, -0.05) is 99.6 Å². The summed E-state index contributed by atoms with van der Waals surface area (Å²) in [5.74, 6) is -0.991. The van der Waals surface area contributed by atoms with Crippen molar-refractivity contribution in [1.82, 2.24) is 10.6 Å². The van der Waals surface area contributed by atoms with E-state index in [1.54, 1.807) is 7.11 Å². The minimum Gasteiger partial charge on any atom is -0.460 e. The van der Waals surface area contributed by atoms with Crippen molar-refractivity contribution < 1.29 is 23.9 Å². The zero-order valence-electron chi connectivity index (χ0n) is 29.3. The quantitative estimate of drug-likeness (QED) is 0.190. The number of benzene rings is 3. The van der Waals surface area contributed by atoms with Gasteiger partial charge in [0.25, 0.3) is 0 Å². The molecule has 0 spiro atoms. The number of hydrogen-bond acceptors (Lipinski definition) is 5. The van der Waals surface area contributed by atoms with Gasteiger partial charge in [0.1, 0.15) is 11.6 Å². The highest BCUT2D eigenvalue weighted by Crippen LogP contribution is 2.58. The first-order valence-electron chi connectivity index (χ1n) is 16.6. The average Bonchev–Trinajstić information content (AvgIpc) is 3.70. The van der Waals surface area contributed by atoms with Gasteiger partial charge < -0.3 is 20.1 Å². The first-order chi connectivity index (χ1) is 22.1. The van der Waals surface area contributed by atoms with Crippen LogP contribution < -0.4 is 10.6 Å².